The monoisotopic (exact) mass is 315 g/mol. The molecule has 0 saturated heterocycles. The third-order valence-electron chi connectivity index (χ3n) is 3.37. The van der Waals surface area contributed by atoms with Gasteiger partial charge in [-0.25, -0.2) is 8.42 Å². The van der Waals surface area contributed by atoms with Crippen molar-refractivity contribution in [3.05, 3.63) is 28.2 Å². The molecule has 92 valence electrons. The summed E-state index contributed by atoms with van der Waals surface area (Å²) in [6, 6.07) is 5.86. The number of anilines is 1. The molecule has 0 amide bonds. The number of aryl methyl sites for hydroxylation is 1. The Labute approximate surface area is 110 Å². The van der Waals surface area contributed by atoms with Crippen LogP contribution in [-0.2, 0) is 16.4 Å². The maximum Gasteiger partial charge on any atom is 0.238 e. The number of nitrogens with zero attached hydrogens (tertiary/aromatic N) is 1. The molecule has 1 saturated carbocycles. The van der Waals surface area contributed by atoms with E-state index in [4.69, 9.17) is 0 Å². The molecule has 0 aromatic heterocycles. The van der Waals surface area contributed by atoms with Crippen molar-refractivity contribution in [2.45, 2.75) is 30.9 Å². The Morgan fingerprint density at radius 1 is 1.29 bits per heavy atom. The van der Waals surface area contributed by atoms with Gasteiger partial charge in [0.1, 0.15) is 0 Å². The van der Waals surface area contributed by atoms with Gasteiger partial charge in [-0.3, -0.25) is 4.31 Å². The summed E-state index contributed by atoms with van der Waals surface area (Å²) in [7, 11) is -3.10. The minimum atomic E-state index is -3.10. The molecule has 1 aliphatic heterocycles. The standard InChI is InChI=1S/C12H14BrNO2S/c13-10-3-6-12-9(8-10)2-1-7-14(12)17(15,16)11-4-5-11/h3,6,8,11H,1-2,4-5,7H2. The van der Waals surface area contributed by atoms with E-state index in [0.29, 0.717) is 6.54 Å². The van der Waals surface area contributed by atoms with Crippen LogP contribution >= 0.6 is 15.9 Å². The first-order chi connectivity index (χ1) is 8.09. The second kappa shape index (κ2) is 3.99. The summed E-state index contributed by atoms with van der Waals surface area (Å²) in [6.45, 7) is 0.632. The predicted molar refractivity (Wildman–Crippen MR) is 71.8 cm³/mol. The Balaban J connectivity index is 2.05. The lowest BCUT2D eigenvalue weighted by Crippen LogP contribution is -2.37. The zero-order valence-corrected chi connectivity index (χ0v) is 11.8. The lowest BCUT2D eigenvalue weighted by atomic mass is 10.0. The smallest absolute Gasteiger partial charge is 0.238 e. The maximum absolute atomic E-state index is 12.3. The first kappa shape index (κ1) is 11.5. The van der Waals surface area contributed by atoms with Crippen molar-refractivity contribution < 1.29 is 8.42 Å². The zero-order valence-electron chi connectivity index (χ0n) is 9.39. The molecular weight excluding hydrogens is 302 g/mol. The quantitative estimate of drug-likeness (QED) is 0.841. The fourth-order valence-corrected chi connectivity index (χ4v) is 4.68. The molecule has 5 heteroatoms. The first-order valence-electron chi connectivity index (χ1n) is 5.89. The zero-order chi connectivity index (χ0) is 12.0. The van der Waals surface area contributed by atoms with Crippen molar-refractivity contribution in [1.82, 2.24) is 0 Å². The molecule has 0 atom stereocenters. The second-order valence-electron chi connectivity index (χ2n) is 4.69. The molecule has 2 aliphatic rings. The lowest BCUT2D eigenvalue weighted by Gasteiger charge is -2.30. The summed E-state index contributed by atoms with van der Waals surface area (Å²) in [4.78, 5) is 0. The van der Waals surface area contributed by atoms with E-state index in [1.807, 2.05) is 18.2 Å². The van der Waals surface area contributed by atoms with Crippen LogP contribution in [0.3, 0.4) is 0 Å². The Hall–Kier alpha value is -0.550. The van der Waals surface area contributed by atoms with Crippen LogP contribution in [0.4, 0.5) is 5.69 Å². The molecule has 0 unspecified atom stereocenters. The highest BCUT2D eigenvalue weighted by atomic mass is 79.9. The van der Waals surface area contributed by atoms with E-state index in [2.05, 4.69) is 15.9 Å². The van der Waals surface area contributed by atoms with Crippen LogP contribution in [0.25, 0.3) is 0 Å². The molecular formula is C12H14BrNO2S. The number of hydrogen-bond donors (Lipinski definition) is 0. The summed E-state index contributed by atoms with van der Waals surface area (Å²) in [5.74, 6) is 0. The third-order valence-corrected chi connectivity index (χ3v) is 6.17. The first-order valence-corrected chi connectivity index (χ1v) is 8.18. The van der Waals surface area contributed by atoms with Crippen LogP contribution in [0.2, 0.25) is 0 Å². The van der Waals surface area contributed by atoms with Gasteiger partial charge in [0, 0.05) is 11.0 Å². The summed E-state index contributed by atoms with van der Waals surface area (Å²) in [6.07, 6.45) is 3.52. The highest BCUT2D eigenvalue weighted by Crippen LogP contribution is 2.37. The Morgan fingerprint density at radius 3 is 2.76 bits per heavy atom. The number of benzene rings is 1. The fraction of sp³-hybridized carbons (Fsp3) is 0.500. The van der Waals surface area contributed by atoms with Crippen LogP contribution in [-0.4, -0.2) is 20.2 Å². The van der Waals surface area contributed by atoms with Gasteiger partial charge in [-0.15, -0.1) is 0 Å². The summed E-state index contributed by atoms with van der Waals surface area (Å²) in [5.41, 5.74) is 2.02. The van der Waals surface area contributed by atoms with Gasteiger partial charge in [-0.05, 0) is 49.4 Å². The molecule has 3 nitrogen and oxygen atoms in total. The molecule has 1 aliphatic carbocycles. The number of sulfonamides is 1. The number of fused-ring (bicyclic) bond motifs is 1. The van der Waals surface area contributed by atoms with Crippen LogP contribution in [0.15, 0.2) is 22.7 Å². The molecule has 1 aromatic rings. The fourth-order valence-electron chi connectivity index (χ4n) is 2.34. The normalized spacial score (nSPS) is 20.2. The largest absolute Gasteiger partial charge is 0.270 e. The lowest BCUT2D eigenvalue weighted by molar-refractivity contribution is 0.585. The van der Waals surface area contributed by atoms with Gasteiger partial charge in [0.2, 0.25) is 10.0 Å². The SMILES string of the molecule is O=S(=O)(C1CC1)N1CCCc2cc(Br)ccc21. The van der Waals surface area contributed by atoms with Gasteiger partial charge in [0.25, 0.3) is 0 Å². The highest BCUT2D eigenvalue weighted by molar-refractivity contribution is 9.10. The topological polar surface area (TPSA) is 37.4 Å². The number of halogens is 1. The molecule has 0 bridgehead atoms. The van der Waals surface area contributed by atoms with Gasteiger partial charge in [-0.1, -0.05) is 15.9 Å². The van der Waals surface area contributed by atoms with Crippen molar-refractivity contribution in [2.24, 2.45) is 0 Å². The Kier molecular flexibility index (Phi) is 2.70. The molecule has 0 radical (unpaired) electrons. The van der Waals surface area contributed by atoms with E-state index in [9.17, 15) is 8.42 Å². The van der Waals surface area contributed by atoms with E-state index < -0.39 is 10.0 Å². The van der Waals surface area contributed by atoms with Crippen LogP contribution in [0, 0.1) is 0 Å². The number of rotatable bonds is 2. The van der Waals surface area contributed by atoms with Gasteiger partial charge < -0.3 is 0 Å². The van der Waals surface area contributed by atoms with E-state index in [1.54, 1.807) is 4.31 Å². The summed E-state index contributed by atoms with van der Waals surface area (Å²) >= 11 is 3.43. The van der Waals surface area contributed by atoms with Gasteiger partial charge in [0.15, 0.2) is 0 Å². The minimum absolute atomic E-state index is 0.128. The Morgan fingerprint density at radius 2 is 2.06 bits per heavy atom. The van der Waals surface area contributed by atoms with Crippen LogP contribution in [0.5, 0.6) is 0 Å². The molecule has 1 fully saturated rings. The van der Waals surface area contributed by atoms with Crippen LogP contribution in [0.1, 0.15) is 24.8 Å². The van der Waals surface area contributed by atoms with Crippen molar-refractivity contribution in [1.29, 1.82) is 0 Å². The van der Waals surface area contributed by atoms with E-state index in [-0.39, 0.29) is 5.25 Å². The van der Waals surface area contributed by atoms with E-state index in [1.165, 1.54) is 0 Å². The van der Waals surface area contributed by atoms with Gasteiger partial charge in [0.05, 0.1) is 10.9 Å². The Bertz CT molecular complexity index is 552. The number of hydrogen-bond acceptors (Lipinski definition) is 2. The molecule has 3 rings (SSSR count). The highest BCUT2D eigenvalue weighted by Gasteiger charge is 2.41. The van der Waals surface area contributed by atoms with Gasteiger partial charge >= 0.3 is 0 Å². The van der Waals surface area contributed by atoms with Crippen molar-refractivity contribution >= 4 is 31.6 Å². The van der Waals surface area contributed by atoms with Crippen molar-refractivity contribution in [3.63, 3.8) is 0 Å². The van der Waals surface area contributed by atoms with Gasteiger partial charge in [-0.2, -0.15) is 0 Å². The molecule has 17 heavy (non-hydrogen) atoms. The van der Waals surface area contributed by atoms with Crippen LogP contribution < -0.4 is 4.31 Å². The molecule has 1 heterocycles. The second-order valence-corrected chi connectivity index (χ2v) is 7.75. The average molecular weight is 316 g/mol. The van der Waals surface area contributed by atoms with Crippen molar-refractivity contribution in [3.8, 4) is 0 Å². The van der Waals surface area contributed by atoms with E-state index >= 15 is 0 Å². The van der Waals surface area contributed by atoms with Crippen molar-refractivity contribution in [2.75, 3.05) is 10.8 Å². The molecule has 0 N–H and O–H groups in total. The third kappa shape index (κ3) is 1.99. The minimum Gasteiger partial charge on any atom is -0.270 e. The molecule has 1 aromatic carbocycles. The molecule has 0 spiro atoms. The predicted octanol–water partition coefficient (Wildman–Crippen LogP) is 2.69. The summed E-state index contributed by atoms with van der Waals surface area (Å²) < 4.78 is 27.3. The van der Waals surface area contributed by atoms with E-state index in [0.717, 1.165) is 41.4 Å². The average Bonchev–Trinajstić information content (AvgIpc) is 3.11. The maximum atomic E-state index is 12.3. The summed E-state index contributed by atoms with van der Waals surface area (Å²) in [5, 5.41) is -0.128.